The number of hydrogen-bond acceptors (Lipinski definition) is 5. The van der Waals surface area contributed by atoms with E-state index < -0.39 is 27.8 Å². The van der Waals surface area contributed by atoms with E-state index in [0.717, 1.165) is 38.5 Å². The normalized spacial score (nSPS) is 17.7. The fourth-order valence-electron chi connectivity index (χ4n) is 3.16. The van der Waals surface area contributed by atoms with E-state index in [-0.39, 0.29) is 22.4 Å². The standard InChI is InChI=1S/C17H24ClNO5S/c1-2-24-17(21)15(12-8-5-3-4-6-9-12)19-25(22,23)14-11-7-10-13(18)16(14)20/h7,10-12,15,19-20H,2-6,8-9H2,1H3. The predicted octanol–water partition coefficient (Wildman–Crippen LogP) is 3.23. The van der Waals surface area contributed by atoms with Crippen LogP contribution in [0.1, 0.15) is 45.4 Å². The zero-order valence-corrected chi connectivity index (χ0v) is 15.8. The number of carbonyl (C=O) groups excluding carboxylic acids is 1. The Bertz CT molecular complexity index is 699. The number of phenolic OH excluding ortho intramolecular Hbond substituents is 1. The van der Waals surface area contributed by atoms with Crippen molar-refractivity contribution in [1.29, 1.82) is 0 Å². The fraction of sp³-hybridized carbons (Fsp3) is 0.588. The Hall–Kier alpha value is -1.31. The molecule has 1 aliphatic carbocycles. The number of aromatic hydroxyl groups is 1. The minimum Gasteiger partial charge on any atom is -0.505 e. The van der Waals surface area contributed by atoms with Crippen molar-refractivity contribution in [3.8, 4) is 5.75 Å². The molecule has 1 aliphatic rings. The molecular formula is C17H24ClNO5S. The predicted molar refractivity (Wildman–Crippen MR) is 95.1 cm³/mol. The average molecular weight is 390 g/mol. The lowest BCUT2D eigenvalue weighted by Crippen LogP contribution is -2.46. The third-order valence-corrected chi connectivity index (χ3v) is 6.21. The van der Waals surface area contributed by atoms with Gasteiger partial charge in [-0.25, -0.2) is 8.42 Å². The molecule has 1 fully saturated rings. The van der Waals surface area contributed by atoms with E-state index in [1.807, 2.05) is 0 Å². The summed E-state index contributed by atoms with van der Waals surface area (Å²) in [6.07, 6.45) is 5.57. The van der Waals surface area contributed by atoms with Crippen LogP contribution in [-0.2, 0) is 19.6 Å². The van der Waals surface area contributed by atoms with Crippen LogP contribution in [0.2, 0.25) is 5.02 Å². The first-order valence-electron chi connectivity index (χ1n) is 8.53. The van der Waals surface area contributed by atoms with Crippen LogP contribution in [-0.4, -0.2) is 32.1 Å². The summed E-state index contributed by atoms with van der Waals surface area (Å²) in [5, 5.41) is 9.91. The van der Waals surface area contributed by atoms with Crippen molar-refractivity contribution in [2.24, 2.45) is 5.92 Å². The largest absolute Gasteiger partial charge is 0.505 e. The molecular weight excluding hydrogens is 366 g/mol. The highest BCUT2D eigenvalue weighted by atomic mass is 35.5. The molecule has 0 bridgehead atoms. The second-order valence-corrected chi connectivity index (χ2v) is 8.28. The quantitative estimate of drug-likeness (QED) is 0.575. The van der Waals surface area contributed by atoms with E-state index in [1.165, 1.54) is 18.2 Å². The van der Waals surface area contributed by atoms with Crippen LogP contribution in [0.15, 0.2) is 23.1 Å². The van der Waals surface area contributed by atoms with Crippen LogP contribution in [0, 0.1) is 5.92 Å². The highest BCUT2D eigenvalue weighted by molar-refractivity contribution is 7.89. The van der Waals surface area contributed by atoms with Gasteiger partial charge in [0, 0.05) is 0 Å². The van der Waals surface area contributed by atoms with Crippen molar-refractivity contribution in [3.63, 3.8) is 0 Å². The Labute approximate surface area is 153 Å². The molecule has 0 saturated heterocycles. The van der Waals surface area contributed by atoms with Gasteiger partial charge in [-0.15, -0.1) is 0 Å². The second-order valence-electron chi connectivity index (χ2n) is 6.19. The molecule has 0 aromatic heterocycles. The van der Waals surface area contributed by atoms with E-state index in [1.54, 1.807) is 6.92 Å². The van der Waals surface area contributed by atoms with Gasteiger partial charge < -0.3 is 9.84 Å². The summed E-state index contributed by atoms with van der Waals surface area (Å²) in [5.41, 5.74) is 0. The van der Waals surface area contributed by atoms with Crippen molar-refractivity contribution in [3.05, 3.63) is 23.2 Å². The van der Waals surface area contributed by atoms with Gasteiger partial charge >= 0.3 is 5.97 Å². The molecule has 0 aliphatic heterocycles. The van der Waals surface area contributed by atoms with Crippen LogP contribution < -0.4 is 4.72 Å². The first kappa shape index (κ1) is 20.0. The number of para-hydroxylation sites is 1. The maximum absolute atomic E-state index is 12.7. The first-order valence-corrected chi connectivity index (χ1v) is 10.4. The molecule has 140 valence electrons. The van der Waals surface area contributed by atoms with Gasteiger partial charge in [-0.2, -0.15) is 4.72 Å². The number of ether oxygens (including phenoxy) is 1. The average Bonchev–Trinajstić information content (AvgIpc) is 2.84. The van der Waals surface area contributed by atoms with Gasteiger partial charge in [0.15, 0.2) is 5.75 Å². The number of carbonyl (C=O) groups is 1. The van der Waals surface area contributed by atoms with E-state index in [9.17, 15) is 18.3 Å². The summed E-state index contributed by atoms with van der Waals surface area (Å²) in [7, 11) is -4.12. The molecule has 1 unspecified atom stereocenters. The SMILES string of the molecule is CCOC(=O)C(NS(=O)(=O)c1cccc(Cl)c1O)C1CCCCCC1. The van der Waals surface area contributed by atoms with Crippen LogP contribution in [0.3, 0.4) is 0 Å². The van der Waals surface area contributed by atoms with E-state index in [4.69, 9.17) is 16.3 Å². The van der Waals surface area contributed by atoms with Crippen molar-refractivity contribution >= 4 is 27.6 Å². The minimum atomic E-state index is -4.12. The maximum Gasteiger partial charge on any atom is 0.324 e. The number of esters is 1. The van der Waals surface area contributed by atoms with E-state index in [0.29, 0.717) is 0 Å². The van der Waals surface area contributed by atoms with Crippen molar-refractivity contribution in [2.75, 3.05) is 6.61 Å². The Morgan fingerprint density at radius 3 is 2.56 bits per heavy atom. The van der Waals surface area contributed by atoms with Gasteiger partial charge in [-0.3, -0.25) is 4.79 Å². The molecule has 1 aromatic rings. The maximum atomic E-state index is 12.7. The molecule has 1 saturated carbocycles. The molecule has 1 aromatic carbocycles. The van der Waals surface area contributed by atoms with Gasteiger partial charge in [-0.1, -0.05) is 43.4 Å². The lowest BCUT2D eigenvalue weighted by molar-refractivity contribution is -0.146. The number of halogens is 1. The van der Waals surface area contributed by atoms with Gasteiger partial charge in [0.25, 0.3) is 0 Å². The van der Waals surface area contributed by atoms with Crippen LogP contribution >= 0.6 is 11.6 Å². The molecule has 0 heterocycles. The summed E-state index contributed by atoms with van der Waals surface area (Å²) in [5.74, 6) is -1.24. The molecule has 0 amide bonds. The summed E-state index contributed by atoms with van der Waals surface area (Å²) in [4.78, 5) is 12.0. The molecule has 2 rings (SSSR count). The monoisotopic (exact) mass is 389 g/mol. The number of hydrogen-bond donors (Lipinski definition) is 2. The highest BCUT2D eigenvalue weighted by Crippen LogP contribution is 2.32. The Kier molecular flexibility index (Phi) is 7.10. The van der Waals surface area contributed by atoms with Crippen LogP contribution in [0.4, 0.5) is 0 Å². The Morgan fingerprint density at radius 2 is 1.96 bits per heavy atom. The lowest BCUT2D eigenvalue weighted by Gasteiger charge is -2.25. The molecule has 25 heavy (non-hydrogen) atoms. The lowest BCUT2D eigenvalue weighted by atomic mass is 9.92. The molecule has 0 spiro atoms. The topological polar surface area (TPSA) is 92.7 Å². The van der Waals surface area contributed by atoms with E-state index >= 15 is 0 Å². The first-order chi connectivity index (χ1) is 11.9. The Morgan fingerprint density at radius 1 is 1.32 bits per heavy atom. The Balaban J connectivity index is 2.30. The zero-order chi connectivity index (χ0) is 18.4. The fourth-order valence-corrected chi connectivity index (χ4v) is 4.76. The summed E-state index contributed by atoms with van der Waals surface area (Å²) < 4.78 is 32.9. The summed E-state index contributed by atoms with van der Waals surface area (Å²) in [6.45, 7) is 1.85. The van der Waals surface area contributed by atoms with Gasteiger partial charge in [0.1, 0.15) is 10.9 Å². The third-order valence-electron chi connectivity index (χ3n) is 4.43. The second kappa shape index (κ2) is 8.87. The van der Waals surface area contributed by atoms with Gasteiger partial charge in [0.05, 0.1) is 11.6 Å². The number of sulfonamides is 1. The molecule has 0 radical (unpaired) electrons. The molecule has 8 heteroatoms. The number of benzene rings is 1. The number of phenols is 1. The number of nitrogens with one attached hydrogen (secondary N) is 1. The molecule has 2 N–H and O–H groups in total. The molecule has 6 nitrogen and oxygen atoms in total. The minimum absolute atomic E-state index is 0.0648. The van der Waals surface area contributed by atoms with Crippen molar-refractivity contribution in [2.45, 2.75) is 56.4 Å². The summed E-state index contributed by atoms with van der Waals surface area (Å²) >= 11 is 5.81. The number of rotatable bonds is 6. The molecule has 1 atom stereocenters. The summed E-state index contributed by atoms with van der Waals surface area (Å²) in [6, 6.07) is 3.10. The highest BCUT2D eigenvalue weighted by Gasteiger charge is 2.35. The van der Waals surface area contributed by atoms with E-state index in [2.05, 4.69) is 4.72 Å². The third kappa shape index (κ3) is 5.09. The smallest absolute Gasteiger partial charge is 0.324 e. The van der Waals surface area contributed by atoms with Crippen LogP contribution in [0.25, 0.3) is 0 Å². The van der Waals surface area contributed by atoms with Gasteiger partial charge in [-0.05, 0) is 37.8 Å². The van der Waals surface area contributed by atoms with Crippen molar-refractivity contribution < 1.29 is 23.1 Å². The van der Waals surface area contributed by atoms with Gasteiger partial charge in [0.2, 0.25) is 10.0 Å². The zero-order valence-electron chi connectivity index (χ0n) is 14.2. The van der Waals surface area contributed by atoms with Crippen molar-refractivity contribution in [1.82, 2.24) is 4.72 Å². The van der Waals surface area contributed by atoms with Crippen LogP contribution in [0.5, 0.6) is 5.75 Å².